The van der Waals surface area contributed by atoms with E-state index in [1.165, 1.54) is 4.80 Å². The van der Waals surface area contributed by atoms with Crippen LogP contribution in [-0.4, -0.2) is 26.9 Å². The molecule has 0 fully saturated rings. The standard InChI is InChI=1S/C11H12N6O/c1-7-9(10(18)14-11(12)13)16-17(15-7)8-5-3-2-4-6-8/h2-6H,1H3,(H4,12,13,14,18). The van der Waals surface area contributed by atoms with Crippen LogP contribution in [0.1, 0.15) is 16.2 Å². The number of guanidine groups is 1. The Morgan fingerprint density at radius 3 is 2.61 bits per heavy atom. The molecule has 18 heavy (non-hydrogen) atoms. The molecule has 2 aromatic rings. The molecule has 0 radical (unpaired) electrons. The van der Waals surface area contributed by atoms with E-state index in [1.807, 2.05) is 30.3 Å². The van der Waals surface area contributed by atoms with E-state index in [0.29, 0.717) is 5.69 Å². The SMILES string of the molecule is Cc1nn(-c2ccccc2)nc1C(=O)NC(=N)N. The molecule has 92 valence electrons. The summed E-state index contributed by atoms with van der Waals surface area (Å²) in [5.74, 6) is -0.962. The van der Waals surface area contributed by atoms with Gasteiger partial charge in [-0.05, 0) is 19.1 Å². The van der Waals surface area contributed by atoms with Crippen LogP contribution in [0.15, 0.2) is 30.3 Å². The molecule has 0 aliphatic heterocycles. The third-order valence-corrected chi connectivity index (χ3v) is 2.23. The number of carbonyl (C=O) groups excluding carboxylic acids is 1. The highest BCUT2D eigenvalue weighted by Gasteiger charge is 2.16. The van der Waals surface area contributed by atoms with Gasteiger partial charge in [0, 0.05) is 0 Å². The second-order valence-electron chi connectivity index (χ2n) is 3.63. The van der Waals surface area contributed by atoms with Crippen LogP contribution in [0, 0.1) is 12.3 Å². The highest BCUT2D eigenvalue weighted by Crippen LogP contribution is 2.07. The summed E-state index contributed by atoms with van der Waals surface area (Å²) in [7, 11) is 0. The molecule has 7 heteroatoms. The van der Waals surface area contributed by atoms with Crippen molar-refractivity contribution in [3.8, 4) is 5.69 Å². The normalized spacial score (nSPS) is 10.1. The third kappa shape index (κ3) is 2.34. The van der Waals surface area contributed by atoms with E-state index in [0.717, 1.165) is 5.69 Å². The van der Waals surface area contributed by atoms with Gasteiger partial charge in [0.1, 0.15) is 0 Å². The molecule has 0 saturated carbocycles. The number of rotatable bonds is 2. The molecule has 1 aromatic heterocycles. The summed E-state index contributed by atoms with van der Waals surface area (Å²) in [6, 6.07) is 9.23. The fraction of sp³-hybridized carbons (Fsp3) is 0.0909. The fourth-order valence-corrected chi connectivity index (χ4v) is 1.45. The molecule has 0 saturated heterocycles. The lowest BCUT2D eigenvalue weighted by molar-refractivity contribution is 0.0970. The van der Waals surface area contributed by atoms with Crippen molar-refractivity contribution in [2.24, 2.45) is 5.73 Å². The van der Waals surface area contributed by atoms with Crippen molar-refractivity contribution >= 4 is 11.9 Å². The van der Waals surface area contributed by atoms with Crippen LogP contribution in [0.3, 0.4) is 0 Å². The number of para-hydroxylation sites is 1. The summed E-state index contributed by atoms with van der Waals surface area (Å²) in [5, 5.41) is 17.4. The number of nitrogens with zero attached hydrogens (tertiary/aromatic N) is 3. The first-order valence-corrected chi connectivity index (χ1v) is 5.22. The van der Waals surface area contributed by atoms with Gasteiger partial charge in [-0.2, -0.15) is 9.90 Å². The maximum atomic E-state index is 11.7. The number of amides is 1. The topological polar surface area (TPSA) is 110 Å². The van der Waals surface area contributed by atoms with E-state index >= 15 is 0 Å². The van der Waals surface area contributed by atoms with Gasteiger partial charge in [0.2, 0.25) is 0 Å². The first-order chi connectivity index (χ1) is 8.58. The van der Waals surface area contributed by atoms with Crippen molar-refractivity contribution in [2.45, 2.75) is 6.92 Å². The van der Waals surface area contributed by atoms with E-state index < -0.39 is 11.9 Å². The molecule has 0 spiro atoms. The number of carbonyl (C=O) groups is 1. The first kappa shape index (κ1) is 11.8. The maximum absolute atomic E-state index is 11.7. The Hall–Kier alpha value is -2.70. The zero-order chi connectivity index (χ0) is 13.1. The Bertz CT molecular complexity index is 589. The molecular formula is C11H12N6O. The highest BCUT2D eigenvalue weighted by atomic mass is 16.2. The number of nitrogens with one attached hydrogen (secondary N) is 2. The Morgan fingerprint density at radius 1 is 1.33 bits per heavy atom. The molecule has 4 N–H and O–H groups in total. The number of hydrogen-bond donors (Lipinski definition) is 3. The van der Waals surface area contributed by atoms with Crippen molar-refractivity contribution in [3.05, 3.63) is 41.7 Å². The van der Waals surface area contributed by atoms with Crippen LogP contribution in [0.2, 0.25) is 0 Å². The molecule has 1 amide bonds. The fourth-order valence-electron chi connectivity index (χ4n) is 1.45. The molecule has 0 bridgehead atoms. The van der Waals surface area contributed by atoms with Gasteiger partial charge >= 0.3 is 0 Å². The van der Waals surface area contributed by atoms with Crippen molar-refractivity contribution in [1.82, 2.24) is 20.3 Å². The average molecular weight is 244 g/mol. The second-order valence-corrected chi connectivity index (χ2v) is 3.63. The first-order valence-electron chi connectivity index (χ1n) is 5.22. The number of aryl methyl sites for hydroxylation is 1. The van der Waals surface area contributed by atoms with Crippen LogP contribution >= 0.6 is 0 Å². The van der Waals surface area contributed by atoms with Crippen molar-refractivity contribution < 1.29 is 4.79 Å². The summed E-state index contributed by atoms with van der Waals surface area (Å²) >= 11 is 0. The Kier molecular flexibility index (Phi) is 3.05. The Balaban J connectivity index is 2.33. The quantitative estimate of drug-likeness (QED) is 0.517. The maximum Gasteiger partial charge on any atom is 0.280 e. The summed E-state index contributed by atoms with van der Waals surface area (Å²) in [4.78, 5) is 13.0. The highest BCUT2D eigenvalue weighted by molar-refractivity contribution is 6.03. The molecule has 1 aromatic carbocycles. The van der Waals surface area contributed by atoms with Crippen molar-refractivity contribution in [3.63, 3.8) is 0 Å². The number of aromatic nitrogens is 3. The van der Waals surface area contributed by atoms with E-state index in [9.17, 15) is 4.79 Å². The van der Waals surface area contributed by atoms with Crippen LogP contribution < -0.4 is 11.1 Å². The zero-order valence-electron chi connectivity index (χ0n) is 9.71. The monoisotopic (exact) mass is 244 g/mol. The summed E-state index contributed by atoms with van der Waals surface area (Å²) in [5.41, 5.74) is 6.46. The van der Waals surface area contributed by atoms with E-state index in [-0.39, 0.29) is 5.69 Å². The van der Waals surface area contributed by atoms with Crippen LogP contribution in [0.5, 0.6) is 0 Å². The van der Waals surface area contributed by atoms with Crippen LogP contribution in [0.4, 0.5) is 0 Å². The minimum absolute atomic E-state index is 0.147. The minimum atomic E-state index is -0.540. The van der Waals surface area contributed by atoms with Gasteiger partial charge in [-0.3, -0.25) is 15.5 Å². The van der Waals surface area contributed by atoms with Crippen LogP contribution in [0.25, 0.3) is 5.69 Å². The van der Waals surface area contributed by atoms with Gasteiger partial charge in [0.25, 0.3) is 5.91 Å². The van der Waals surface area contributed by atoms with Gasteiger partial charge in [0.05, 0.1) is 11.4 Å². The average Bonchev–Trinajstić information content (AvgIpc) is 2.72. The summed E-state index contributed by atoms with van der Waals surface area (Å²) < 4.78 is 0. The second kappa shape index (κ2) is 4.66. The van der Waals surface area contributed by atoms with E-state index in [1.54, 1.807) is 6.92 Å². The van der Waals surface area contributed by atoms with E-state index in [2.05, 4.69) is 15.5 Å². The minimum Gasteiger partial charge on any atom is -0.370 e. The third-order valence-electron chi connectivity index (χ3n) is 2.23. The van der Waals surface area contributed by atoms with Gasteiger partial charge in [-0.15, -0.1) is 5.10 Å². The smallest absolute Gasteiger partial charge is 0.280 e. The molecule has 0 unspecified atom stereocenters. The predicted molar refractivity (Wildman–Crippen MR) is 65.5 cm³/mol. The van der Waals surface area contributed by atoms with Crippen molar-refractivity contribution in [1.29, 1.82) is 5.41 Å². The molecule has 2 rings (SSSR count). The van der Waals surface area contributed by atoms with E-state index in [4.69, 9.17) is 11.1 Å². The molecule has 1 heterocycles. The van der Waals surface area contributed by atoms with Gasteiger partial charge < -0.3 is 5.73 Å². The lowest BCUT2D eigenvalue weighted by Gasteiger charge is -1.99. The molecular weight excluding hydrogens is 232 g/mol. The number of benzene rings is 1. The molecule has 7 nitrogen and oxygen atoms in total. The largest absolute Gasteiger partial charge is 0.370 e. The molecule has 0 aliphatic carbocycles. The van der Waals surface area contributed by atoms with Crippen LogP contribution in [-0.2, 0) is 0 Å². The lowest BCUT2D eigenvalue weighted by Crippen LogP contribution is -2.36. The zero-order valence-corrected chi connectivity index (χ0v) is 9.71. The van der Waals surface area contributed by atoms with Gasteiger partial charge in [-0.1, -0.05) is 18.2 Å². The number of nitrogens with two attached hydrogens (primary N) is 1. The number of hydrogen-bond acceptors (Lipinski definition) is 4. The Morgan fingerprint density at radius 2 is 2.00 bits per heavy atom. The van der Waals surface area contributed by atoms with Crippen molar-refractivity contribution in [2.75, 3.05) is 0 Å². The lowest BCUT2D eigenvalue weighted by atomic mass is 10.3. The Labute approximate surface area is 103 Å². The molecule has 0 atom stereocenters. The van der Waals surface area contributed by atoms with Gasteiger partial charge in [-0.25, -0.2) is 0 Å². The summed E-state index contributed by atoms with van der Waals surface area (Å²) in [6.07, 6.45) is 0. The van der Waals surface area contributed by atoms with Gasteiger partial charge in [0.15, 0.2) is 11.7 Å². The molecule has 0 aliphatic rings. The summed E-state index contributed by atoms with van der Waals surface area (Å²) in [6.45, 7) is 1.67. The predicted octanol–water partition coefficient (Wildman–Crippen LogP) is 0.199.